The van der Waals surface area contributed by atoms with Crippen LogP contribution in [-0.4, -0.2) is 13.1 Å². The fourth-order valence-corrected chi connectivity index (χ4v) is 1.37. The Morgan fingerprint density at radius 3 is 2.43 bits per heavy atom. The second kappa shape index (κ2) is 6.44. The quantitative estimate of drug-likeness (QED) is 0.684. The maximum Gasteiger partial charge on any atom is 0.416 e. The van der Waals surface area contributed by atoms with Crippen LogP contribution in [0.5, 0.6) is 0 Å². The summed E-state index contributed by atoms with van der Waals surface area (Å²) in [5.74, 6) is -0.852. The lowest BCUT2D eigenvalue weighted by Crippen LogP contribution is -2.10. The van der Waals surface area contributed by atoms with Crippen LogP contribution in [-0.2, 0) is 10.9 Å². The van der Waals surface area contributed by atoms with Gasteiger partial charge in [-0.15, -0.1) is 0 Å². The molecule has 0 saturated carbocycles. The van der Waals surface area contributed by atoms with E-state index in [1.165, 1.54) is 12.1 Å². The smallest absolute Gasteiger partial charge is 0.416 e. The van der Waals surface area contributed by atoms with Crippen molar-refractivity contribution in [2.45, 2.75) is 6.18 Å². The van der Waals surface area contributed by atoms with Crippen LogP contribution in [0.25, 0.3) is 0 Å². The molecular weight excluding hydrogens is 287 g/mol. The monoisotopic (exact) mass is 295 g/mol. The summed E-state index contributed by atoms with van der Waals surface area (Å²) in [6.45, 7) is 0. The van der Waals surface area contributed by atoms with Crippen molar-refractivity contribution < 1.29 is 22.7 Å². The number of carbonyl (C=O) groups is 1. The van der Waals surface area contributed by atoms with Crippen LogP contribution >= 0.6 is 0 Å². The van der Waals surface area contributed by atoms with Gasteiger partial charge in [-0.2, -0.15) is 23.7 Å². The van der Waals surface area contributed by atoms with Crippen molar-refractivity contribution in [1.82, 2.24) is 0 Å². The molecule has 0 amide bonds. The molecule has 0 saturated heterocycles. The predicted molar refractivity (Wildman–Crippen MR) is 65.7 cm³/mol. The molecular formula is C13H8F3N3O2. The number of halogens is 3. The van der Waals surface area contributed by atoms with Gasteiger partial charge in [-0.25, -0.2) is 4.79 Å². The van der Waals surface area contributed by atoms with E-state index in [4.69, 9.17) is 10.5 Å². The Morgan fingerprint density at radius 1 is 1.33 bits per heavy atom. The molecule has 108 valence electrons. The maximum absolute atomic E-state index is 12.6. The van der Waals surface area contributed by atoms with Crippen molar-refractivity contribution in [3.63, 3.8) is 0 Å². The van der Waals surface area contributed by atoms with Gasteiger partial charge in [0.25, 0.3) is 0 Å². The second-order valence-electron chi connectivity index (χ2n) is 3.68. The lowest BCUT2D eigenvalue weighted by atomic mass is 10.1. The van der Waals surface area contributed by atoms with E-state index in [2.05, 4.69) is 10.1 Å². The number of nitriles is 2. The molecule has 1 aromatic carbocycles. The Morgan fingerprint density at radius 2 is 1.95 bits per heavy atom. The van der Waals surface area contributed by atoms with Crippen molar-refractivity contribution >= 4 is 11.7 Å². The Bertz CT molecular complexity index is 651. The number of benzene rings is 1. The third-order valence-corrected chi connectivity index (χ3v) is 2.37. The van der Waals surface area contributed by atoms with Crippen LogP contribution < -0.4 is 5.32 Å². The van der Waals surface area contributed by atoms with Gasteiger partial charge in [-0.05, 0) is 18.2 Å². The van der Waals surface area contributed by atoms with E-state index < -0.39 is 17.7 Å². The van der Waals surface area contributed by atoms with Crippen LogP contribution in [0.3, 0.4) is 0 Å². The molecule has 0 heterocycles. The van der Waals surface area contributed by atoms with Gasteiger partial charge in [-0.3, -0.25) is 0 Å². The van der Waals surface area contributed by atoms with E-state index in [-0.39, 0.29) is 16.8 Å². The molecule has 0 aliphatic rings. The number of alkyl halides is 3. The number of hydrogen-bond acceptors (Lipinski definition) is 5. The molecule has 8 heteroatoms. The lowest BCUT2D eigenvalue weighted by molar-refractivity contribution is -0.137. The summed E-state index contributed by atoms with van der Waals surface area (Å²) in [6.07, 6.45) is -3.69. The number of hydrogen-bond donors (Lipinski definition) is 1. The van der Waals surface area contributed by atoms with Crippen molar-refractivity contribution in [2.75, 3.05) is 12.4 Å². The average Bonchev–Trinajstić information content (AvgIpc) is 2.46. The molecule has 0 unspecified atom stereocenters. The van der Waals surface area contributed by atoms with Gasteiger partial charge in [-0.1, -0.05) is 0 Å². The van der Waals surface area contributed by atoms with Crippen LogP contribution in [0.15, 0.2) is 30.0 Å². The highest BCUT2D eigenvalue weighted by molar-refractivity contribution is 5.96. The number of allylic oxidation sites excluding steroid dienone is 1. The van der Waals surface area contributed by atoms with Crippen LogP contribution in [0.2, 0.25) is 0 Å². The Hall–Kier alpha value is -3.00. The SMILES string of the molecule is COC(=O)c1ccc(C(F)(F)F)cc1NC=C(C#N)C#N. The third-order valence-electron chi connectivity index (χ3n) is 2.37. The van der Waals surface area contributed by atoms with Gasteiger partial charge in [0.1, 0.15) is 17.7 Å². The number of nitrogens with one attached hydrogen (secondary N) is 1. The first-order valence-electron chi connectivity index (χ1n) is 5.40. The molecule has 0 aliphatic heterocycles. The first-order chi connectivity index (χ1) is 9.83. The van der Waals surface area contributed by atoms with Gasteiger partial charge in [0, 0.05) is 6.20 Å². The molecule has 1 rings (SSSR count). The molecule has 21 heavy (non-hydrogen) atoms. The van der Waals surface area contributed by atoms with E-state index in [1.807, 2.05) is 0 Å². The number of carbonyl (C=O) groups excluding carboxylic acids is 1. The fourth-order valence-electron chi connectivity index (χ4n) is 1.37. The molecule has 0 aromatic heterocycles. The minimum atomic E-state index is -4.60. The first kappa shape index (κ1) is 16.1. The van der Waals surface area contributed by atoms with Crippen molar-refractivity contribution in [2.24, 2.45) is 0 Å². The lowest BCUT2D eigenvalue weighted by Gasteiger charge is -2.12. The summed E-state index contributed by atoms with van der Waals surface area (Å²) in [5, 5.41) is 19.5. The molecule has 5 nitrogen and oxygen atoms in total. The fraction of sp³-hybridized carbons (Fsp3) is 0.154. The molecule has 0 aliphatic carbocycles. The van der Waals surface area contributed by atoms with Crippen LogP contribution in [0, 0.1) is 22.7 Å². The van der Waals surface area contributed by atoms with E-state index in [0.717, 1.165) is 25.4 Å². The Balaban J connectivity index is 3.31. The van der Waals surface area contributed by atoms with Crippen LogP contribution in [0.4, 0.5) is 18.9 Å². The zero-order valence-electron chi connectivity index (χ0n) is 10.7. The molecule has 0 bridgehead atoms. The average molecular weight is 295 g/mol. The van der Waals surface area contributed by atoms with E-state index in [9.17, 15) is 18.0 Å². The van der Waals surface area contributed by atoms with Crippen LogP contribution in [0.1, 0.15) is 15.9 Å². The second-order valence-corrected chi connectivity index (χ2v) is 3.68. The summed E-state index contributed by atoms with van der Waals surface area (Å²) in [4.78, 5) is 11.5. The summed E-state index contributed by atoms with van der Waals surface area (Å²) in [6, 6.07) is 5.43. The minimum absolute atomic E-state index is 0.156. The highest BCUT2D eigenvalue weighted by Gasteiger charge is 2.31. The summed E-state index contributed by atoms with van der Waals surface area (Å²) < 4.78 is 42.4. The molecule has 1 N–H and O–H groups in total. The molecule has 1 aromatic rings. The summed E-state index contributed by atoms with van der Waals surface area (Å²) >= 11 is 0. The highest BCUT2D eigenvalue weighted by Crippen LogP contribution is 2.32. The van der Waals surface area contributed by atoms with Crippen molar-refractivity contribution in [1.29, 1.82) is 10.5 Å². The van der Waals surface area contributed by atoms with E-state index in [1.54, 1.807) is 0 Å². The summed E-state index contributed by atoms with van der Waals surface area (Å²) in [5.41, 5.74) is -1.72. The zero-order valence-corrected chi connectivity index (χ0v) is 10.7. The minimum Gasteiger partial charge on any atom is -0.465 e. The zero-order chi connectivity index (χ0) is 16.0. The molecule has 0 radical (unpaired) electrons. The van der Waals surface area contributed by atoms with Gasteiger partial charge < -0.3 is 10.1 Å². The Labute approximate surface area is 117 Å². The van der Waals surface area contributed by atoms with E-state index in [0.29, 0.717) is 6.07 Å². The largest absolute Gasteiger partial charge is 0.465 e. The maximum atomic E-state index is 12.6. The predicted octanol–water partition coefficient (Wildman–Crippen LogP) is 2.83. The third kappa shape index (κ3) is 3.98. The van der Waals surface area contributed by atoms with Crippen molar-refractivity contribution in [3.05, 3.63) is 41.1 Å². The van der Waals surface area contributed by atoms with Gasteiger partial charge in [0.2, 0.25) is 0 Å². The number of esters is 1. The molecule has 0 fully saturated rings. The number of rotatable bonds is 3. The molecule has 0 spiro atoms. The number of ether oxygens (including phenoxy) is 1. The molecule has 0 atom stereocenters. The Kier molecular flexibility index (Phi) is 4.92. The van der Waals surface area contributed by atoms with Gasteiger partial charge in [0.05, 0.1) is 23.9 Å². The van der Waals surface area contributed by atoms with Crippen molar-refractivity contribution in [3.8, 4) is 12.1 Å². The van der Waals surface area contributed by atoms with Gasteiger partial charge >= 0.3 is 12.1 Å². The van der Waals surface area contributed by atoms with E-state index >= 15 is 0 Å². The van der Waals surface area contributed by atoms with Gasteiger partial charge in [0.15, 0.2) is 0 Å². The normalized spacial score (nSPS) is 10.0. The standard InChI is InChI=1S/C13H8F3N3O2/c1-21-12(20)10-3-2-9(13(14,15)16)4-11(10)19-7-8(5-17)6-18/h2-4,7,19H,1H3. The topological polar surface area (TPSA) is 85.9 Å². The number of anilines is 1. The summed E-state index contributed by atoms with van der Waals surface area (Å²) in [7, 11) is 1.08. The first-order valence-corrected chi connectivity index (χ1v) is 5.40. The number of methoxy groups -OCH3 is 1. The highest BCUT2D eigenvalue weighted by atomic mass is 19.4. The number of nitrogens with zero attached hydrogens (tertiary/aromatic N) is 2.